The summed E-state index contributed by atoms with van der Waals surface area (Å²) in [5.74, 6) is -0.370. The molecule has 0 bridgehead atoms. The van der Waals surface area contributed by atoms with Gasteiger partial charge in [0.15, 0.2) is 0 Å². The predicted octanol–water partition coefficient (Wildman–Crippen LogP) is -0.652. The first-order valence-electron chi connectivity index (χ1n) is 1.90. The molecule has 8 heavy (non-hydrogen) atoms. The van der Waals surface area contributed by atoms with Gasteiger partial charge in [-0.05, 0) is 0 Å². The summed E-state index contributed by atoms with van der Waals surface area (Å²) in [6, 6.07) is 0. The molecule has 0 fully saturated rings. The van der Waals surface area contributed by atoms with Crippen molar-refractivity contribution < 1.29 is 13.2 Å². The molecule has 48 valence electrons. The van der Waals surface area contributed by atoms with E-state index in [1.165, 1.54) is 14.0 Å². The smallest absolute Gasteiger partial charge is 0.263 e. The normalized spacial score (nSPS) is 12.8. The second-order valence-electron chi connectivity index (χ2n) is 1.06. The lowest BCUT2D eigenvalue weighted by Gasteiger charge is -1.94. The molecular weight excluding hydrogens is 130 g/mol. The summed E-state index contributed by atoms with van der Waals surface area (Å²) in [6.45, 7) is 1.26. The first-order valence-corrected chi connectivity index (χ1v) is 2.97. The summed E-state index contributed by atoms with van der Waals surface area (Å²) in [6.07, 6.45) is 0. The largest absolute Gasteiger partial charge is 0.277 e. The summed E-state index contributed by atoms with van der Waals surface area (Å²) in [5.41, 5.74) is 0. The molecule has 0 aromatic heterocycles. The quantitative estimate of drug-likeness (QED) is 0.550. The van der Waals surface area contributed by atoms with E-state index in [9.17, 15) is 9.00 Å². The Kier molecular flexibility index (Phi) is 3.38. The fraction of sp³-hybridized carbons (Fsp3) is 0.667. The average Bonchev–Trinajstić information content (AvgIpc) is 1.65. The first kappa shape index (κ1) is 7.58. The van der Waals surface area contributed by atoms with Crippen LogP contribution in [0.25, 0.3) is 0 Å². The van der Waals surface area contributed by atoms with Crippen LogP contribution in [0.1, 0.15) is 6.92 Å². The predicted molar refractivity (Wildman–Crippen MR) is 29.0 cm³/mol. The Balaban J connectivity index is 3.40. The second-order valence-corrected chi connectivity index (χ2v) is 2.07. The molecule has 5 heteroatoms. The van der Waals surface area contributed by atoms with E-state index in [2.05, 4.69) is 4.18 Å². The number of nitrogens with one attached hydrogen (secondary N) is 1. The minimum absolute atomic E-state index is 0.370. The number of carbonyl (C=O) groups is 1. The Morgan fingerprint density at radius 1 is 1.75 bits per heavy atom. The summed E-state index contributed by atoms with van der Waals surface area (Å²) in [7, 11) is 1.24. The van der Waals surface area contributed by atoms with Crippen molar-refractivity contribution in [1.29, 1.82) is 0 Å². The number of hydrogen-bond donors (Lipinski definition) is 1. The zero-order chi connectivity index (χ0) is 6.57. The standard InChI is InChI=1S/C3H7NO3S/c1-3(5)4-8(6)7-2/h1-2H3,(H,4,5). The van der Waals surface area contributed by atoms with Crippen molar-refractivity contribution in [2.24, 2.45) is 0 Å². The van der Waals surface area contributed by atoms with Crippen molar-refractivity contribution in [3.8, 4) is 0 Å². The third-order valence-electron chi connectivity index (χ3n) is 0.378. The van der Waals surface area contributed by atoms with E-state index in [0.29, 0.717) is 0 Å². The third-order valence-corrected chi connectivity index (χ3v) is 1.14. The zero-order valence-corrected chi connectivity index (χ0v) is 5.45. The maximum Gasteiger partial charge on any atom is 0.263 e. The van der Waals surface area contributed by atoms with Crippen LogP contribution in [0.3, 0.4) is 0 Å². The molecule has 0 radical (unpaired) electrons. The van der Waals surface area contributed by atoms with Crippen LogP contribution in [-0.4, -0.2) is 17.2 Å². The minimum atomic E-state index is -1.66. The fourth-order valence-corrected chi connectivity index (χ4v) is 0.477. The molecule has 4 nitrogen and oxygen atoms in total. The first-order chi connectivity index (χ1) is 3.66. The van der Waals surface area contributed by atoms with Gasteiger partial charge in [-0.3, -0.25) is 13.7 Å². The fourth-order valence-electron chi connectivity index (χ4n) is 0.159. The molecule has 0 saturated carbocycles. The molecule has 0 rings (SSSR count). The molecule has 0 aliphatic carbocycles. The zero-order valence-electron chi connectivity index (χ0n) is 4.63. The number of hydrogen-bond acceptors (Lipinski definition) is 3. The highest BCUT2D eigenvalue weighted by atomic mass is 32.2. The molecule has 0 aliphatic heterocycles. The Labute approximate surface area is 50.0 Å². The van der Waals surface area contributed by atoms with Crippen molar-refractivity contribution in [3.05, 3.63) is 0 Å². The summed E-state index contributed by atoms with van der Waals surface area (Å²) >= 11 is -1.66. The van der Waals surface area contributed by atoms with E-state index in [4.69, 9.17) is 0 Å². The van der Waals surface area contributed by atoms with E-state index in [0.717, 1.165) is 0 Å². The lowest BCUT2D eigenvalue weighted by atomic mass is 10.8. The topological polar surface area (TPSA) is 55.4 Å². The van der Waals surface area contributed by atoms with Gasteiger partial charge in [-0.15, -0.1) is 0 Å². The molecule has 0 aromatic rings. The minimum Gasteiger partial charge on any atom is -0.277 e. The lowest BCUT2D eigenvalue weighted by Crippen LogP contribution is -2.22. The highest BCUT2D eigenvalue weighted by Crippen LogP contribution is 1.71. The third kappa shape index (κ3) is 3.76. The number of rotatable bonds is 2. The van der Waals surface area contributed by atoms with E-state index < -0.39 is 11.3 Å². The highest BCUT2D eigenvalue weighted by molar-refractivity contribution is 7.78. The maximum atomic E-state index is 10.2. The van der Waals surface area contributed by atoms with Gasteiger partial charge in [-0.2, -0.15) is 0 Å². The van der Waals surface area contributed by atoms with Crippen LogP contribution in [0.5, 0.6) is 0 Å². The Morgan fingerprint density at radius 2 is 2.25 bits per heavy atom. The second kappa shape index (κ2) is 3.57. The van der Waals surface area contributed by atoms with Crippen molar-refractivity contribution in [2.45, 2.75) is 6.92 Å². The van der Waals surface area contributed by atoms with Crippen LogP contribution in [0.15, 0.2) is 0 Å². The molecule has 0 aliphatic rings. The van der Waals surface area contributed by atoms with Crippen LogP contribution >= 0.6 is 0 Å². The van der Waals surface area contributed by atoms with Gasteiger partial charge >= 0.3 is 0 Å². The molecule has 0 heterocycles. The summed E-state index contributed by atoms with van der Waals surface area (Å²) in [4.78, 5) is 10.0. The van der Waals surface area contributed by atoms with E-state index >= 15 is 0 Å². The SMILES string of the molecule is COS(=O)NC(C)=O. The molecule has 1 amide bonds. The Morgan fingerprint density at radius 3 is 2.38 bits per heavy atom. The molecule has 0 saturated heterocycles. The van der Waals surface area contributed by atoms with Gasteiger partial charge in [0.1, 0.15) is 0 Å². The van der Waals surface area contributed by atoms with Crippen molar-refractivity contribution in [3.63, 3.8) is 0 Å². The van der Waals surface area contributed by atoms with E-state index in [1.54, 1.807) is 0 Å². The van der Waals surface area contributed by atoms with Crippen LogP contribution in [0, 0.1) is 0 Å². The monoisotopic (exact) mass is 137 g/mol. The van der Waals surface area contributed by atoms with E-state index in [-0.39, 0.29) is 5.91 Å². The van der Waals surface area contributed by atoms with Crippen molar-refractivity contribution >= 4 is 17.2 Å². The van der Waals surface area contributed by atoms with Gasteiger partial charge < -0.3 is 0 Å². The molecule has 0 spiro atoms. The number of amides is 1. The van der Waals surface area contributed by atoms with Gasteiger partial charge in [0.2, 0.25) is 5.91 Å². The molecule has 0 aromatic carbocycles. The molecular formula is C3H7NO3S. The number of carbonyl (C=O) groups excluding carboxylic acids is 1. The van der Waals surface area contributed by atoms with Gasteiger partial charge in [0, 0.05) is 6.92 Å². The van der Waals surface area contributed by atoms with Crippen LogP contribution < -0.4 is 4.72 Å². The van der Waals surface area contributed by atoms with Crippen LogP contribution in [-0.2, 0) is 20.2 Å². The van der Waals surface area contributed by atoms with Gasteiger partial charge in [0.25, 0.3) is 11.3 Å². The van der Waals surface area contributed by atoms with Crippen LogP contribution in [0.2, 0.25) is 0 Å². The highest BCUT2D eigenvalue weighted by Gasteiger charge is 1.95. The van der Waals surface area contributed by atoms with E-state index in [1.807, 2.05) is 4.72 Å². The van der Waals surface area contributed by atoms with Gasteiger partial charge in [-0.1, -0.05) is 0 Å². The molecule has 1 N–H and O–H groups in total. The van der Waals surface area contributed by atoms with Gasteiger partial charge in [-0.25, -0.2) is 4.21 Å². The Bertz CT molecular complexity index is 113. The average molecular weight is 137 g/mol. The van der Waals surface area contributed by atoms with Gasteiger partial charge in [0.05, 0.1) is 7.11 Å². The summed E-state index contributed by atoms with van der Waals surface area (Å²) < 4.78 is 16.4. The maximum absolute atomic E-state index is 10.2. The van der Waals surface area contributed by atoms with Crippen LogP contribution in [0.4, 0.5) is 0 Å². The lowest BCUT2D eigenvalue weighted by molar-refractivity contribution is -0.117. The Hall–Kier alpha value is -0.420. The molecule has 1 atom stereocenters. The van der Waals surface area contributed by atoms with Crippen molar-refractivity contribution in [2.75, 3.05) is 7.11 Å². The van der Waals surface area contributed by atoms with Crippen molar-refractivity contribution in [1.82, 2.24) is 4.72 Å². The summed E-state index contributed by atoms with van der Waals surface area (Å²) in [5, 5.41) is 0. The molecule has 1 unspecified atom stereocenters.